The van der Waals surface area contributed by atoms with E-state index >= 15 is 0 Å². The van der Waals surface area contributed by atoms with Crippen molar-refractivity contribution < 1.29 is 24.2 Å². The lowest BCUT2D eigenvalue weighted by Gasteiger charge is -2.20. The fraction of sp³-hybridized carbons (Fsp3) is 0.346. The first-order valence-corrected chi connectivity index (χ1v) is 12.4. The van der Waals surface area contributed by atoms with Gasteiger partial charge < -0.3 is 35.4 Å². The van der Waals surface area contributed by atoms with Crippen LogP contribution in [0.2, 0.25) is 5.02 Å². The predicted octanol–water partition coefficient (Wildman–Crippen LogP) is 3.63. The molecule has 1 aliphatic heterocycles. The number of pyridine rings is 1. The zero-order valence-corrected chi connectivity index (χ0v) is 21.5. The van der Waals surface area contributed by atoms with Crippen LogP contribution >= 0.6 is 11.6 Å². The van der Waals surface area contributed by atoms with Gasteiger partial charge in [-0.05, 0) is 50.2 Å². The minimum absolute atomic E-state index is 0.0527. The van der Waals surface area contributed by atoms with Gasteiger partial charge in [0.25, 0.3) is 5.91 Å². The molecule has 3 aromatic rings. The Labute approximate surface area is 219 Å². The van der Waals surface area contributed by atoms with Crippen molar-refractivity contribution in [1.82, 2.24) is 20.5 Å². The van der Waals surface area contributed by atoms with Gasteiger partial charge in [0.05, 0.1) is 21.8 Å². The molecule has 2 aromatic carbocycles. The number of rotatable bonds is 9. The van der Waals surface area contributed by atoms with Gasteiger partial charge in [0.2, 0.25) is 0 Å². The summed E-state index contributed by atoms with van der Waals surface area (Å²) in [6.07, 6.45) is 3.18. The SMILES string of the molecule is CNC(=O)Nc1ccc(Oc2ccnc3cc(OCC(O)CN4CCCC4)c(C(=O)NC)cc23)cc1Cl. The molecule has 4 rings (SSSR count). The lowest BCUT2D eigenvalue weighted by molar-refractivity contribution is 0.0746. The van der Waals surface area contributed by atoms with E-state index in [0.717, 1.165) is 25.9 Å². The molecule has 0 radical (unpaired) electrons. The second-order valence-electron chi connectivity index (χ2n) is 8.67. The number of likely N-dealkylation sites (tertiary alicyclic amines) is 1. The van der Waals surface area contributed by atoms with E-state index in [2.05, 4.69) is 25.8 Å². The van der Waals surface area contributed by atoms with Gasteiger partial charge in [-0.25, -0.2) is 4.79 Å². The average molecular weight is 528 g/mol. The molecule has 1 saturated heterocycles. The maximum atomic E-state index is 12.7. The molecule has 0 saturated carbocycles. The van der Waals surface area contributed by atoms with E-state index in [-0.39, 0.29) is 18.5 Å². The number of carbonyl (C=O) groups excluding carboxylic acids is 2. The van der Waals surface area contributed by atoms with Crippen LogP contribution < -0.4 is 25.4 Å². The Morgan fingerprint density at radius 3 is 2.59 bits per heavy atom. The first-order valence-electron chi connectivity index (χ1n) is 12.0. The van der Waals surface area contributed by atoms with Crippen LogP contribution in [0.4, 0.5) is 10.5 Å². The summed E-state index contributed by atoms with van der Waals surface area (Å²) in [5, 5.41) is 19.1. The molecule has 37 heavy (non-hydrogen) atoms. The van der Waals surface area contributed by atoms with Crippen molar-refractivity contribution in [3.63, 3.8) is 0 Å². The van der Waals surface area contributed by atoms with Gasteiger partial charge in [-0.1, -0.05) is 11.6 Å². The number of nitrogens with zero attached hydrogens (tertiary/aromatic N) is 2. The number of β-amino-alcohol motifs (C(OH)–C–C–N with tert-alkyl or cyclic N) is 1. The first-order chi connectivity index (χ1) is 17.9. The molecule has 10 nitrogen and oxygen atoms in total. The Hall–Kier alpha value is -3.60. The van der Waals surface area contributed by atoms with E-state index in [1.54, 1.807) is 42.6 Å². The van der Waals surface area contributed by atoms with Crippen molar-refractivity contribution >= 4 is 40.1 Å². The van der Waals surface area contributed by atoms with Crippen molar-refractivity contribution in [2.24, 2.45) is 0 Å². The number of amides is 3. The number of urea groups is 1. The Bertz CT molecular complexity index is 1280. The van der Waals surface area contributed by atoms with Gasteiger partial charge in [0.15, 0.2) is 0 Å². The van der Waals surface area contributed by atoms with Crippen molar-refractivity contribution in [3.8, 4) is 17.2 Å². The van der Waals surface area contributed by atoms with Crippen LogP contribution in [0, 0.1) is 0 Å². The monoisotopic (exact) mass is 527 g/mol. The highest BCUT2D eigenvalue weighted by Crippen LogP contribution is 2.35. The molecule has 1 aliphatic rings. The van der Waals surface area contributed by atoms with Crippen molar-refractivity contribution in [3.05, 3.63) is 53.2 Å². The molecule has 2 heterocycles. The number of aromatic nitrogens is 1. The van der Waals surface area contributed by atoms with E-state index < -0.39 is 6.10 Å². The number of nitrogens with one attached hydrogen (secondary N) is 3. The fourth-order valence-electron chi connectivity index (χ4n) is 4.14. The number of ether oxygens (including phenoxy) is 2. The minimum Gasteiger partial charge on any atom is -0.490 e. The third kappa shape index (κ3) is 6.59. The molecule has 1 atom stereocenters. The molecule has 1 aromatic heterocycles. The standard InChI is InChI=1S/C26H30ClN5O5/c1-28-25(34)19-12-18-22(13-24(19)36-15-16(33)14-32-9-3-4-10-32)30-8-7-23(18)37-17-5-6-21(20(27)11-17)31-26(35)29-2/h5-8,11-13,16,33H,3-4,9-10,14-15H2,1-2H3,(H,28,34)(H2,29,31,35). The molecule has 3 amide bonds. The maximum Gasteiger partial charge on any atom is 0.319 e. The summed E-state index contributed by atoms with van der Waals surface area (Å²) in [4.78, 5) is 30.9. The number of halogens is 1. The van der Waals surface area contributed by atoms with Crippen LogP contribution in [0.25, 0.3) is 10.9 Å². The largest absolute Gasteiger partial charge is 0.490 e. The Morgan fingerprint density at radius 1 is 1.11 bits per heavy atom. The summed E-state index contributed by atoms with van der Waals surface area (Å²) in [6, 6.07) is 9.49. The average Bonchev–Trinajstić information content (AvgIpc) is 3.41. The third-order valence-electron chi connectivity index (χ3n) is 6.02. The lowest BCUT2D eigenvalue weighted by Crippen LogP contribution is -2.34. The summed E-state index contributed by atoms with van der Waals surface area (Å²) in [5.41, 5.74) is 1.28. The number of hydrogen-bond acceptors (Lipinski definition) is 7. The second kappa shape index (κ2) is 12.1. The molecular formula is C26H30ClN5O5. The number of aliphatic hydroxyl groups excluding tert-OH is 1. The number of benzene rings is 2. The zero-order chi connectivity index (χ0) is 26.4. The Balaban J connectivity index is 1.57. The number of anilines is 1. The van der Waals surface area contributed by atoms with Crippen molar-refractivity contribution in [2.45, 2.75) is 18.9 Å². The number of aliphatic hydroxyl groups is 1. The van der Waals surface area contributed by atoms with Crippen molar-refractivity contribution in [1.29, 1.82) is 0 Å². The normalized spacial score (nSPS) is 14.3. The van der Waals surface area contributed by atoms with Gasteiger partial charge in [0, 0.05) is 44.4 Å². The minimum atomic E-state index is -0.681. The highest BCUT2D eigenvalue weighted by Gasteiger charge is 2.20. The first kappa shape index (κ1) is 26.5. The molecule has 11 heteroatoms. The quantitative estimate of drug-likeness (QED) is 0.335. The van der Waals surface area contributed by atoms with Crippen LogP contribution in [-0.2, 0) is 0 Å². The molecule has 4 N–H and O–H groups in total. The summed E-state index contributed by atoms with van der Waals surface area (Å²) in [7, 11) is 3.05. The maximum absolute atomic E-state index is 12.7. The lowest BCUT2D eigenvalue weighted by atomic mass is 10.1. The predicted molar refractivity (Wildman–Crippen MR) is 142 cm³/mol. The summed E-state index contributed by atoms with van der Waals surface area (Å²) in [6.45, 7) is 2.53. The number of fused-ring (bicyclic) bond motifs is 1. The van der Waals surface area contributed by atoms with Crippen LogP contribution in [0.5, 0.6) is 17.2 Å². The smallest absolute Gasteiger partial charge is 0.319 e. The van der Waals surface area contributed by atoms with E-state index in [1.807, 2.05) is 0 Å². The topological polar surface area (TPSA) is 125 Å². The van der Waals surface area contributed by atoms with E-state index in [1.165, 1.54) is 14.1 Å². The number of hydrogen-bond donors (Lipinski definition) is 4. The van der Waals surface area contributed by atoms with Crippen LogP contribution in [-0.4, -0.2) is 73.4 Å². The van der Waals surface area contributed by atoms with Gasteiger partial charge in [0.1, 0.15) is 30.0 Å². The van der Waals surface area contributed by atoms with Gasteiger partial charge in [-0.2, -0.15) is 0 Å². The molecular weight excluding hydrogens is 498 g/mol. The van der Waals surface area contributed by atoms with E-state index in [9.17, 15) is 14.7 Å². The summed E-state index contributed by atoms with van der Waals surface area (Å²) < 4.78 is 12.0. The number of carbonyl (C=O) groups is 2. The van der Waals surface area contributed by atoms with Crippen LogP contribution in [0.15, 0.2) is 42.6 Å². The van der Waals surface area contributed by atoms with E-state index in [4.69, 9.17) is 21.1 Å². The zero-order valence-electron chi connectivity index (χ0n) is 20.7. The van der Waals surface area contributed by atoms with Crippen LogP contribution in [0.1, 0.15) is 23.2 Å². The third-order valence-corrected chi connectivity index (χ3v) is 6.33. The summed E-state index contributed by atoms with van der Waals surface area (Å²) in [5.74, 6) is 0.878. The van der Waals surface area contributed by atoms with Gasteiger partial charge in [-0.15, -0.1) is 0 Å². The molecule has 0 spiro atoms. The fourth-order valence-corrected chi connectivity index (χ4v) is 4.36. The second-order valence-corrected chi connectivity index (χ2v) is 9.08. The van der Waals surface area contributed by atoms with Gasteiger partial charge >= 0.3 is 6.03 Å². The molecule has 1 unspecified atom stereocenters. The summed E-state index contributed by atoms with van der Waals surface area (Å²) >= 11 is 6.31. The van der Waals surface area contributed by atoms with Crippen LogP contribution in [0.3, 0.4) is 0 Å². The molecule has 1 fully saturated rings. The Kier molecular flexibility index (Phi) is 8.65. The van der Waals surface area contributed by atoms with Crippen molar-refractivity contribution in [2.75, 3.05) is 45.7 Å². The van der Waals surface area contributed by atoms with E-state index in [0.29, 0.717) is 51.0 Å². The molecule has 196 valence electrons. The van der Waals surface area contributed by atoms with Gasteiger partial charge in [-0.3, -0.25) is 9.78 Å². The highest BCUT2D eigenvalue weighted by atomic mass is 35.5. The highest BCUT2D eigenvalue weighted by molar-refractivity contribution is 6.33. The molecule has 0 bridgehead atoms. The Morgan fingerprint density at radius 2 is 1.89 bits per heavy atom. The molecule has 0 aliphatic carbocycles.